The second-order valence-electron chi connectivity index (χ2n) is 6.60. The smallest absolute Gasteiger partial charge is 0.344 e. The molecule has 0 unspecified atom stereocenters. The van der Waals surface area contributed by atoms with E-state index in [0.717, 1.165) is 11.0 Å². The Morgan fingerprint density at radius 2 is 2.00 bits per heavy atom. The fraction of sp³-hybridized carbons (Fsp3) is 0.182. The zero-order chi connectivity index (χ0) is 24.0. The number of halogens is 2. The minimum atomic E-state index is -0.657. The Labute approximate surface area is 201 Å². The number of anilines is 1. The summed E-state index contributed by atoms with van der Waals surface area (Å²) in [7, 11) is 0. The van der Waals surface area contributed by atoms with Crippen molar-refractivity contribution in [1.29, 1.82) is 0 Å². The average Bonchev–Trinajstić information content (AvgIpc) is 3.00. The number of thioether (sulfide) groups is 1. The van der Waals surface area contributed by atoms with Gasteiger partial charge in [-0.3, -0.25) is 19.3 Å². The summed E-state index contributed by atoms with van der Waals surface area (Å²) in [5.41, 5.74) is 0.656. The molecular weight excluding hydrogens is 519 g/mol. The molecule has 1 heterocycles. The topological polar surface area (TPSA) is 102 Å². The van der Waals surface area contributed by atoms with E-state index < -0.39 is 35.4 Å². The van der Waals surface area contributed by atoms with Crippen LogP contribution in [0.4, 0.5) is 14.9 Å². The molecule has 172 valence electrons. The van der Waals surface area contributed by atoms with Crippen LogP contribution in [-0.4, -0.2) is 47.7 Å². The number of imide groups is 1. The van der Waals surface area contributed by atoms with E-state index in [-0.39, 0.29) is 23.8 Å². The number of rotatable bonds is 8. The minimum absolute atomic E-state index is 0.0811. The first-order chi connectivity index (χ1) is 15.8. The Hall–Kier alpha value is -3.18. The van der Waals surface area contributed by atoms with Gasteiger partial charge in [0, 0.05) is 15.7 Å². The van der Waals surface area contributed by atoms with Crippen LogP contribution in [0.15, 0.2) is 51.8 Å². The molecule has 2 aromatic rings. The maximum absolute atomic E-state index is 13.3. The number of hydrogen-bond donors (Lipinski definition) is 1. The van der Waals surface area contributed by atoms with Crippen molar-refractivity contribution in [1.82, 2.24) is 4.90 Å². The third-order valence-corrected chi connectivity index (χ3v) is 5.59. The highest BCUT2D eigenvalue weighted by Crippen LogP contribution is 2.34. The van der Waals surface area contributed by atoms with Crippen molar-refractivity contribution in [2.45, 2.75) is 6.92 Å². The highest BCUT2D eigenvalue weighted by Gasteiger charge is 2.36. The van der Waals surface area contributed by atoms with Gasteiger partial charge in [0.25, 0.3) is 11.1 Å². The minimum Gasteiger partial charge on any atom is -0.481 e. The summed E-state index contributed by atoms with van der Waals surface area (Å²) in [4.78, 5) is 49.8. The molecule has 0 spiro atoms. The average molecular weight is 537 g/mol. The highest BCUT2D eigenvalue weighted by atomic mass is 79.9. The Morgan fingerprint density at radius 3 is 2.73 bits per heavy atom. The molecule has 11 heteroatoms. The number of carbonyl (C=O) groups is 4. The molecule has 0 aliphatic carbocycles. The molecule has 3 rings (SSSR count). The summed E-state index contributed by atoms with van der Waals surface area (Å²) < 4.78 is 24.3. The Kier molecular flexibility index (Phi) is 8.23. The largest absolute Gasteiger partial charge is 0.481 e. The summed E-state index contributed by atoms with van der Waals surface area (Å²) in [6.07, 6.45) is 1.45. The number of hydrogen-bond acceptors (Lipinski definition) is 7. The van der Waals surface area contributed by atoms with E-state index in [4.69, 9.17) is 9.47 Å². The van der Waals surface area contributed by atoms with Gasteiger partial charge >= 0.3 is 5.97 Å². The molecule has 33 heavy (non-hydrogen) atoms. The number of benzene rings is 2. The quantitative estimate of drug-likeness (QED) is 0.398. The molecule has 0 saturated carbocycles. The lowest BCUT2D eigenvalue weighted by molar-refractivity contribution is -0.145. The Morgan fingerprint density at radius 1 is 1.21 bits per heavy atom. The maximum atomic E-state index is 13.3. The van der Waals surface area contributed by atoms with Crippen molar-refractivity contribution in [3.63, 3.8) is 0 Å². The maximum Gasteiger partial charge on any atom is 0.344 e. The van der Waals surface area contributed by atoms with Crippen LogP contribution in [0.3, 0.4) is 0 Å². The van der Waals surface area contributed by atoms with Gasteiger partial charge in [-0.2, -0.15) is 0 Å². The van der Waals surface area contributed by atoms with E-state index >= 15 is 0 Å². The van der Waals surface area contributed by atoms with E-state index in [2.05, 4.69) is 21.2 Å². The highest BCUT2D eigenvalue weighted by molar-refractivity contribution is 9.10. The molecule has 3 amide bonds. The van der Waals surface area contributed by atoms with Crippen LogP contribution < -0.4 is 10.1 Å². The zero-order valence-electron chi connectivity index (χ0n) is 17.3. The zero-order valence-corrected chi connectivity index (χ0v) is 19.7. The van der Waals surface area contributed by atoms with Gasteiger partial charge in [-0.15, -0.1) is 0 Å². The standard InChI is InChI=1S/C22H18BrFN2O6S/c1-2-31-20(28)12-32-17-7-6-14(23)8-13(17)9-18-21(29)26(22(30)33-18)11-19(27)25-16-5-3-4-15(24)10-16/h3-10H,2,11-12H2,1H3,(H,25,27)/b18-9+. The van der Waals surface area contributed by atoms with Crippen LogP contribution >= 0.6 is 27.7 Å². The molecule has 0 bridgehead atoms. The summed E-state index contributed by atoms with van der Waals surface area (Å²) in [6.45, 7) is 1.05. The molecule has 8 nitrogen and oxygen atoms in total. The fourth-order valence-electron chi connectivity index (χ4n) is 2.79. The molecule has 1 aliphatic heterocycles. The van der Waals surface area contributed by atoms with Gasteiger partial charge in [0.05, 0.1) is 11.5 Å². The van der Waals surface area contributed by atoms with Gasteiger partial charge in [0.1, 0.15) is 18.1 Å². The lowest BCUT2D eigenvalue weighted by atomic mass is 10.2. The Balaban J connectivity index is 1.73. The molecule has 0 radical (unpaired) electrons. The van der Waals surface area contributed by atoms with Gasteiger partial charge in [-0.05, 0) is 61.2 Å². The number of nitrogens with one attached hydrogen (secondary N) is 1. The second kappa shape index (κ2) is 11.1. The second-order valence-corrected chi connectivity index (χ2v) is 8.51. The van der Waals surface area contributed by atoms with E-state index in [1.165, 1.54) is 24.3 Å². The first kappa shape index (κ1) is 24.5. The predicted molar refractivity (Wildman–Crippen MR) is 124 cm³/mol. The van der Waals surface area contributed by atoms with Gasteiger partial charge < -0.3 is 14.8 Å². The number of amides is 3. The van der Waals surface area contributed by atoms with Crippen LogP contribution in [0, 0.1) is 5.82 Å². The third kappa shape index (κ3) is 6.65. The monoisotopic (exact) mass is 536 g/mol. The van der Waals surface area contributed by atoms with Gasteiger partial charge in [-0.1, -0.05) is 22.0 Å². The van der Waals surface area contributed by atoms with E-state index in [1.54, 1.807) is 25.1 Å². The van der Waals surface area contributed by atoms with Crippen molar-refractivity contribution in [2.75, 3.05) is 25.1 Å². The van der Waals surface area contributed by atoms with Crippen molar-refractivity contribution in [3.8, 4) is 5.75 Å². The number of ether oxygens (including phenoxy) is 2. The SMILES string of the molecule is CCOC(=O)COc1ccc(Br)cc1/C=C1/SC(=O)N(CC(=O)Nc2cccc(F)c2)C1=O. The van der Waals surface area contributed by atoms with Gasteiger partial charge in [0.15, 0.2) is 6.61 Å². The number of nitrogens with zero attached hydrogens (tertiary/aromatic N) is 1. The van der Waals surface area contributed by atoms with Crippen LogP contribution in [0.5, 0.6) is 5.75 Å². The van der Waals surface area contributed by atoms with Crippen LogP contribution in [-0.2, 0) is 19.1 Å². The summed E-state index contributed by atoms with van der Waals surface area (Å²) in [6, 6.07) is 10.2. The van der Waals surface area contributed by atoms with Crippen molar-refractivity contribution in [2.24, 2.45) is 0 Å². The van der Waals surface area contributed by atoms with Crippen molar-refractivity contribution in [3.05, 3.63) is 63.2 Å². The lowest BCUT2D eigenvalue weighted by Crippen LogP contribution is -2.36. The van der Waals surface area contributed by atoms with Crippen LogP contribution in [0.2, 0.25) is 0 Å². The fourth-order valence-corrected chi connectivity index (χ4v) is 4.00. The summed E-state index contributed by atoms with van der Waals surface area (Å²) >= 11 is 4.00. The van der Waals surface area contributed by atoms with E-state index in [9.17, 15) is 23.6 Å². The summed E-state index contributed by atoms with van der Waals surface area (Å²) in [5, 5.41) is 1.83. The number of esters is 1. The molecule has 0 atom stereocenters. The van der Waals surface area contributed by atoms with Crippen molar-refractivity contribution < 1.29 is 33.0 Å². The third-order valence-electron chi connectivity index (χ3n) is 4.19. The molecule has 1 saturated heterocycles. The predicted octanol–water partition coefficient (Wildman–Crippen LogP) is 4.21. The molecule has 1 N–H and O–H groups in total. The normalized spacial score (nSPS) is 14.5. The summed E-state index contributed by atoms with van der Waals surface area (Å²) in [5.74, 6) is -2.07. The van der Waals surface area contributed by atoms with Gasteiger partial charge in [0.2, 0.25) is 5.91 Å². The number of carbonyl (C=O) groups excluding carboxylic acids is 4. The first-order valence-electron chi connectivity index (χ1n) is 9.65. The van der Waals surface area contributed by atoms with Crippen LogP contribution in [0.25, 0.3) is 6.08 Å². The molecule has 1 fully saturated rings. The first-order valence-corrected chi connectivity index (χ1v) is 11.3. The lowest BCUT2D eigenvalue weighted by Gasteiger charge is -2.12. The van der Waals surface area contributed by atoms with E-state index in [0.29, 0.717) is 27.5 Å². The molecule has 2 aromatic carbocycles. The molecular formula is C22H18BrFN2O6S. The van der Waals surface area contributed by atoms with E-state index in [1.807, 2.05) is 0 Å². The molecule has 1 aliphatic rings. The van der Waals surface area contributed by atoms with Crippen molar-refractivity contribution >= 4 is 62.5 Å². The van der Waals surface area contributed by atoms with Crippen LogP contribution in [0.1, 0.15) is 12.5 Å². The Bertz CT molecular complexity index is 1140. The van der Waals surface area contributed by atoms with Gasteiger partial charge in [-0.25, -0.2) is 9.18 Å². The molecule has 0 aromatic heterocycles.